The molecule has 0 fully saturated rings. The molecule has 0 radical (unpaired) electrons. The summed E-state index contributed by atoms with van der Waals surface area (Å²) < 4.78 is 0. The predicted molar refractivity (Wildman–Crippen MR) is 53.6 cm³/mol. The first-order valence-corrected chi connectivity index (χ1v) is 7.38. The van der Waals surface area contributed by atoms with Crippen molar-refractivity contribution in [3.63, 3.8) is 0 Å². The van der Waals surface area contributed by atoms with Gasteiger partial charge in [0.2, 0.25) is 0 Å². The second-order valence-corrected chi connectivity index (χ2v) is 6.97. The highest BCUT2D eigenvalue weighted by Crippen LogP contribution is 2.07. The molecule has 1 atom stereocenters. The summed E-state index contributed by atoms with van der Waals surface area (Å²) in [5, 5.41) is 0. The normalized spacial score (nSPS) is 12.9. The first-order chi connectivity index (χ1) is 5.33. The average Bonchev–Trinajstić information content (AvgIpc) is 2.06. The number of halogens is 1. The molecule has 1 unspecified atom stereocenters. The summed E-state index contributed by atoms with van der Waals surface area (Å²) in [5.41, 5.74) is 1.39. The van der Waals surface area contributed by atoms with Crippen molar-refractivity contribution in [2.45, 2.75) is 19.0 Å². The minimum atomic E-state index is -0.936. The Kier molecular flexibility index (Phi) is 3.67. The molecule has 11 heavy (non-hydrogen) atoms. The van der Waals surface area contributed by atoms with Gasteiger partial charge in [-0.1, -0.05) is 37.3 Å². The molecule has 60 valence electrons. The fraction of sp³-hybridized carbons (Fsp3) is 0.333. The second-order valence-electron chi connectivity index (χ2n) is 2.70. The maximum atomic E-state index is 6.14. The third-order valence-electron chi connectivity index (χ3n) is 1.74. The smallest absolute Gasteiger partial charge is 0.145 e. The molecule has 0 nitrogen and oxygen atoms in total. The van der Waals surface area contributed by atoms with Crippen LogP contribution in [-0.4, -0.2) is 8.11 Å². The van der Waals surface area contributed by atoms with Crippen molar-refractivity contribution in [2.75, 3.05) is 0 Å². The van der Waals surface area contributed by atoms with Crippen LogP contribution in [0, 0.1) is 0 Å². The standard InChI is InChI=1S/C9H13ClSi/c1-2-11(10)8-9-6-4-3-5-7-9/h3-7,11H,2,8H2,1H3. The maximum absolute atomic E-state index is 6.14. The van der Waals surface area contributed by atoms with Gasteiger partial charge < -0.3 is 0 Å². The summed E-state index contributed by atoms with van der Waals surface area (Å²) in [6, 6.07) is 12.8. The topological polar surface area (TPSA) is 0 Å². The van der Waals surface area contributed by atoms with Gasteiger partial charge in [-0.2, -0.15) is 11.1 Å². The van der Waals surface area contributed by atoms with E-state index in [1.165, 1.54) is 11.6 Å². The predicted octanol–water partition coefficient (Wildman–Crippen LogP) is 2.75. The zero-order chi connectivity index (χ0) is 8.10. The Bertz CT molecular complexity index is 198. The van der Waals surface area contributed by atoms with Crippen LogP contribution in [0.3, 0.4) is 0 Å². The highest BCUT2D eigenvalue weighted by atomic mass is 35.6. The van der Waals surface area contributed by atoms with Crippen LogP contribution < -0.4 is 0 Å². The summed E-state index contributed by atoms with van der Waals surface area (Å²) >= 11 is 6.14. The summed E-state index contributed by atoms with van der Waals surface area (Å²) in [5.74, 6) is 0. The average molecular weight is 185 g/mol. The SMILES string of the molecule is CC[SiH](Cl)Cc1ccccc1. The van der Waals surface area contributed by atoms with Gasteiger partial charge in [0.25, 0.3) is 0 Å². The number of hydrogen-bond donors (Lipinski definition) is 0. The summed E-state index contributed by atoms with van der Waals surface area (Å²) in [7, 11) is -0.936. The fourth-order valence-electron chi connectivity index (χ4n) is 1.01. The molecular formula is C9H13ClSi. The number of rotatable bonds is 3. The van der Waals surface area contributed by atoms with E-state index in [2.05, 4.69) is 31.2 Å². The Labute approximate surface area is 74.5 Å². The second kappa shape index (κ2) is 4.57. The summed E-state index contributed by atoms with van der Waals surface area (Å²) in [6.07, 6.45) is 0. The van der Waals surface area contributed by atoms with Crippen molar-refractivity contribution < 1.29 is 0 Å². The molecule has 0 spiro atoms. The molecule has 1 aromatic rings. The molecule has 0 aliphatic rings. The lowest BCUT2D eigenvalue weighted by molar-refractivity contribution is 1.32. The van der Waals surface area contributed by atoms with Crippen molar-refractivity contribution in [3.8, 4) is 0 Å². The molecular weight excluding hydrogens is 172 g/mol. The Hall–Kier alpha value is -0.273. The van der Waals surface area contributed by atoms with Gasteiger partial charge in [0.15, 0.2) is 0 Å². The summed E-state index contributed by atoms with van der Waals surface area (Å²) in [6.45, 7) is 2.17. The molecule has 1 aromatic carbocycles. The van der Waals surface area contributed by atoms with E-state index in [0.29, 0.717) is 0 Å². The molecule has 0 saturated carbocycles. The van der Waals surface area contributed by atoms with Gasteiger partial charge in [-0.3, -0.25) is 0 Å². The van der Waals surface area contributed by atoms with Crippen molar-refractivity contribution in [2.24, 2.45) is 0 Å². The third kappa shape index (κ3) is 3.08. The lowest BCUT2D eigenvalue weighted by Crippen LogP contribution is -2.05. The first-order valence-electron chi connectivity index (χ1n) is 4.01. The third-order valence-corrected chi connectivity index (χ3v) is 4.93. The molecule has 1 rings (SSSR count). The quantitative estimate of drug-likeness (QED) is 0.501. The Balaban J connectivity index is 2.51. The van der Waals surface area contributed by atoms with Gasteiger partial charge in [0.05, 0.1) is 0 Å². The Morgan fingerprint density at radius 3 is 2.45 bits per heavy atom. The van der Waals surface area contributed by atoms with Crippen LogP contribution in [0.2, 0.25) is 6.04 Å². The number of benzene rings is 1. The van der Waals surface area contributed by atoms with Gasteiger partial charge >= 0.3 is 0 Å². The van der Waals surface area contributed by atoms with Crippen LogP contribution in [-0.2, 0) is 6.04 Å². The van der Waals surface area contributed by atoms with E-state index in [1.54, 1.807) is 0 Å². The van der Waals surface area contributed by atoms with Crippen LogP contribution in [0.5, 0.6) is 0 Å². The first kappa shape index (κ1) is 8.82. The zero-order valence-corrected chi connectivity index (χ0v) is 8.67. The Morgan fingerprint density at radius 2 is 1.91 bits per heavy atom. The van der Waals surface area contributed by atoms with Gasteiger partial charge in [-0.25, -0.2) is 0 Å². The van der Waals surface area contributed by atoms with E-state index in [9.17, 15) is 0 Å². The monoisotopic (exact) mass is 184 g/mol. The Morgan fingerprint density at radius 1 is 1.27 bits per heavy atom. The lowest BCUT2D eigenvalue weighted by Gasteiger charge is -2.02. The molecule has 0 heterocycles. The minimum absolute atomic E-state index is 0.936. The van der Waals surface area contributed by atoms with Crippen molar-refractivity contribution >= 4 is 19.2 Å². The molecule has 0 aliphatic carbocycles. The minimum Gasteiger partial charge on any atom is -0.171 e. The van der Waals surface area contributed by atoms with E-state index in [0.717, 1.165) is 6.04 Å². The molecule has 0 aliphatic heterocycles. The molecule has 0 bridgehead atoms. The van der Waals surface area contributed by atoms with Crippen molar-refractivity contribution in [1.82, 2.24) is 0 Å². The van der Waals surface area contributed by atoms with Gasteiger partial charge in [-0.05, 0) is 17.7 Å². The largest absolute Gasteiger partial charge is 0.171 e. The van der Waals surface area contributed by atoms with E-state index in [-0.39, 0.29) is 0 Å². The molecule has 0 amide bonds. The van der Waals surface area contributed by atoms with Crippen LogP contribution >= 0.6 is 11.1 Å². The van der Waals surface area contributed by atoms with Crippen LogP contribution in [0.25, 0.3) is 0 Å². The molecule has 0 N–H and O–H groups in total. The molecule has 2 heteroatoms. The van der Waals surface area contributed by atoms with E-state index in [4.69, 9.17) is 11.1 Å². The van der Waals surface area contributed by atoms with Gasteiger partial charge in [0, 0.05) is 0 Å². The highest BCUT2D eigenvalue weighted by Gasteiger charge is 2.03. The molecule has 0 saturated heterocycles. The fourth-order valence-corrected chi connectivity index (χ4v) is 2.62. The van der Waals surface area contributed by atoms with Gasteiger partial charge in [0.1, 0.15) is 8.11 Å². The van der Waals surface area contributed by atoms with Crippen molar-refractivity contribution in [3.05, 3.63) is 35.9 Å². The van der Waals surface area contributed by atoms with E-state index < -0.39 is 8.11 Å². The maximum Gasteiger partial charge on any atom is 0.145 e. The van der Waals surface area contributed by atoms with Crippen LogP contribution in [0.1, 0.15) is 12.5 Å². The van der Waals surface area contributed by atoms with E-state index in [1.807, 2.05) is 6.07 Å². The van der Waals surface area contributed by atoms with Crippen LogP contribution in [0.15, 0.2) is 30.3 Å². The van der Waals surface area contributed by atoms with E-state index >= 15 is 0 Å². The summed E-state index contributed by atoms with van der Waals surface area (Å²) in [4.78, 5) is 0. The van der Waals surface area contributed by atoms with Crippen LogP contribution in [0.4, 0.5) is 0 Å². The van der Waals surface area contributed by atoms with Crippen molar-refractivity contribution in [1.29, 1.82) is 0 Å². The lowest BCUT2D eigenvalue weighted by atomic mass is 10.2. The highest BCUT2D eigenvalue weighted by molar-refractivity contribution is 7.06. The molecule has 0 aromatic heterocycles. The van der Waals surface area contributed by atoms with Gasteiger partial charge in [-0.15, -0.1) is 0 Å². The number of hydrogen-bond acceptors (Lipinski definition) is 0. The zero-order valence-electron chi connectivity index (χ0n) is 6.76.